The number of hydrogen-bond acceptors (Lipinski definition) is 2. The van der Waals surface area contributed by atoms with Crippen molar-refractivity contribution in [1.29, 1.82) is 0 Å². The summed E-state index contributed by atoms with van der Waals surface area (Å²) in [6.45, 7) is 1.84. The van der Waals surface area contributed by atoms with Crippen molar-refractivity contribution in [3.63, 3.8) is 0 Å². The Balaban J connectivity index is 2.09. The first-order valence-electron chi connectivity index (χ1n) is 8.10. The molecule has 0 bridgehead atoms. The van der Waals surface area contributed by atoms with Crippen LogP contribution in [0.25, 0.3) is 0 Å². The highest BCUT2D eigenvalue weighted by atomic mass is 35.5. The summed E-state index contributed by atoms with van der Waals surface area (Å²) in [7, 11) is 0. The van der Waals surface area contributed by atoms with Crippen molar-refractivity contribution in [2.45, 2.75) is 31.0 Å². The van der Waals surface area contributed by atoms with Crippen molar-refractivity contribution in [2.24, 2.45) is 0 Å². The molecule has 0 aromatic heterocycles. The van der Waals surface area contributed by atoms with Crippen LogP contribution in [0.3, 0.4) is 0 Å². The van der Waals surface area contributed by atoms with Gasteiger partial charge in [-0.15, -0.1) is 0 Å². The van der Waals surface area contributed by atoms with Crippen LogP contribution in [0.4, 0.5) is 18.9 Å². The topological polar surface area (TPSA) is 29.1 Å². The van der Waals surface area contributed by atoms with Crippen LogP contribution in [0, 0.1) is 6.92 Å². The van der Waals surface area contributed by atoms with Gasteiger partial charge in [0.15, 0.2) is 5.78 Å². The minimum absolute atomic E-state index is 0.333. The van der Waals surface area contributed by atoms with Crippen LogP contribution >= 0.6 is 11.6 Å². The number of carbonyl (C=O) groups excluding carboxylic acids is 1. The lowest BCUT2D eigenvalue weighted by Crippen LogP contribution is -2.48. The van der Waals surface area contributed by atoms with Gasteiger partial charge in [-0.25, -0.2) is 0 Å². The normalized spacial score (nSPS) is 22.7. The number of aryl methyl sites for hydroxylation is 1. The van der Waals surface area contributed by atoms with Crippen molar-refractivity contribution >= 4 is 23.1 Å². The molecule has 0 saturated carbocycles. The van der Waals surface area contributed by atoms with Gasteiger partial charge in [-0.3, -0.25) is 4.79 Å². The molecular formula is C20H17ClF3NO. The lowest BCUT2D eigenvalue weighted by Gasteiger charge is -2.36. The number of alkyl halides is 3. The van der Waals surface area contributed by atoms with E-state index in [9.17, 15) is 18.0 Å². The Bertz CT molecular complexity index is 845. The van der Waals surface area contributed by atoms with E-state index < -0.39 is 29.8 Å². The highest BCUT2D eigenvalue weighted by molar-refractivity contribution is 6.33. The molecule has 0 saturated heterocycles. The molecule has 1 N–H and O–H groups in total. The first-order chi connectivity index (χ1) is 12.2. The van der Waals surface area contributed by atoms with Crippen LogP contribution in [0.5, 0.6) is 0 Å². The van der Waals surface area contributed by atoms with Gasteiger partial charge in [0.05, 0.1) is 28.6 Å². The summed E-state index contributed by atoms with van der Waals surface area (Å²) in [6.07, 6.45) is -3.05. The van der Waals surface area contributed by atoms with Crippen molar-refractivity contribution in [3.8, 4) is 0 Å². The Hall–Kier alpha value is -2.27. The maximum Gasteiger partial charge on any atom is 0.390 e. The molecule has 0 heterocycles. The van der Waals surface area contributed by atoms with Crippen LogP contribution in [-0.4, -0.2) is 18.0 Å². The molecule has 3 rings (SSSR count). The van der Waals surface area contributed by atoms with Crippen LogP contribution < -0.4 is 5.32 Å². The Labute approximate surface area is 154 Å². The number of rotatable bonds is 4. The largest absolute Gasteiger partial charge is 0.390 e. The smallest absolute Gasteiger partial charge is 0.376 e. The van der Waals surface area contributed by atoms with Gasteiger partial charge in [0.25, 0.3) is 0 Å². The van der Waals surface area contributed by atoms with Gasteiger partial charge in [0.1, 0.15) is 0 Å². The number of para-hydroxylation sites is 1. The predicted octanol–water partition coefficient (Wildman–Crippen LogP) is 5.46. The third-order valence-electron chi connectivity index (χ3n) is 4.64. The Morgan fingerprint density at radius 1 is 1.12 bits per heavy atom. The second-order valence-electron chi connectivity index (χ2n) is 6.45. The van der Waals surface area contributed by atoms with Crippen LogP contribution in [0.1, 0.15) is 17.5 Å². The van der Waals surface area contributed by atoms with E-state index in [0.717, 1.165) is 5.56 Å². The van der Waals surface area contributed by atoms with Gasteiger partial charge in [0.2, 0.25) is 0 Å². The number of hydrogen-bond donors (Lipinski definition) is 1. The lowest BCUT2D eigenvalue weighted by molar-refractivity contribution is -0.155. The van der Waals surface area contributed by atoms with Crippen LogP contribution in [0.15, 0.2) is 60.7 Å². The lowest BCUT2D eigenvalue weighted by atomic mass is 9.71. The van der Waals surface area contributed by atoms with Crippen molar-refractivity contribution < 1.29 is 18.0 Å². The van der Waals surface area contributed by atoms with Crippen molar-refractivity contribution in [3.05, 3.63) is 76.8 Å². The quantitative estimate of drug-likeness (QED) is 0.764. The Morgan fingerprint density at radius 2 is 1.77 bits per heavy atom. The fraction of sp³-hybridized carbons (Fsp3) is 0.250. The van der Waals surface area contributed by atoms with E-state index in [0.29, 0.717) is 16.3 Å². The SMILES string of the molecule is Cc1ccc([C@@]2(CC(F)(F)F)C(=O)C=C[C@H]2Nc2ccccc2Cl)cc1. The zero-order valence-electron chi connectivity index (χ0n) is 14.0. The summed E-state index contributed by atoms with van der Waals surface area (Å²) in [4.78, 5) is 12.7. The fourth-order valence-electron chi connectivity index (χ4n) is 3.36. The molecule has 2 aromatic carbocycles. The van der Waals surface area contributed by atoms with Gasteiger partial charge < -0.3 is 5.32 Å². The van der Waals surface area contributed by atoms with Gasteiger partial charge in [-0.05, 0) is 30.7 Å². The first kappa shape index (κ1) is 18.5. The minimum atomic E-state index is -4.51. The van der Waals surface area contributed by atoms with Crippen LogP contribution in [0.2, 0.25) is 5.02 Å². The molecule has 1 aliphatic rings. The molecule has 2 atom stereocenters. The molecule has 0 amide bonds. The zero-order valence-corrected chi connectivity index (χ0v) is 14.7. The summed E-state index contributed by atoms with van der Waals surface area (Å²) in [5.41, 5.74) is -0.0347. The first-order valence-corrected chi connectivity index (χ1v) is 8.48. The molecule has 136 valence electrons. The molecule has 26 heavy (non-hydrogen) atoms. The molecule has 0 fully saturated rings. The summed E-state index contributed by atoms with van der Waals surface area (Å²) in [5.74, 6) is -0.566. The summed E-state index contributed by atoms with van der Waals surface area (Å²) in [5, 5.41) is 3.41. The second kappa shape index (κ2) is 6.80. The average molecular weight is 380 g/mol. The highest BCUT2D eigenvalue weighted by Crippen LogP contribution is 2.45. The zero-order chi connectivity index (χ0) is 18.9. The standard InChI is InChI=1S/C20H17ClF3NO/c1-13-6-8-14(9-7-13)19(12-20(22,23)24)17(10-11-18(19)26)25-16-5-3-2-4-15(16)21/h2-11,17,25H,12H2,1H3/t17-,19-/m1/s1. The number of halogens is 4. The number of carbonyl (C=O) groups is 1. The van der Waals surface area contributed by atoms with Crippen LogP contribution in [-0.2, 0) is 10.2 Å². The number of ketones is 1. The van der Waals surface area contributed by atoms with Crippen molar-refractivity contribution in [2.75, 3.05) is 5.32 Å². The third-order valence-corrected chi connectivity index (χ3v) is 4.97. The Morgan fingerprint density at radius 3 is 2.38 bits per heavy atom. The van der Waals surface area contributed by atoms with E-state index in [4.69, 9.17) is 11.6 Å². The van der Waals surface area contributed by atoms with E-state index >= 15 is 0 Å². The minimum Gasteiger partial charge on any atom is -0.376 e. The van der Waals surface area contributed by atoms with Gasteiger partial charge >= 0.3 is 6.18 Å². The summed E-state index contributed by atoms with van der Waals surface area (Å²) >= 11 is 6.14. The molecule has 6 heteroatoms. The third kappa shape index (κ3) is 3.49. The van der Waals surface area contributed by atoms with E-state index in [1.807, 2.05) is 6.92 Å². The second-order valence-corrected chi connectivity index (χ2v) is 6.86. The van der Waals surface area contributed by atoms with Gasteiger partial charge in [-0.1, -0.05) is 59.6 Å². The van der Waals surface area contributed by atoms with E-state index in [2.05, 4.69) is 5.32 Å². The average Bonchev–Trinajstić information content (AvgIpc) is 2.86. The summed E-state index contributed by atoms with van der Waals surface area (Å²) < 4.78 is 40.3. The number of anilines is 1. The molecule has 0 aliphatic heterocycles. The molecule has 1 aliphatic carbocycles. The summed E-state index contributed by atoms with van der Waals surface area (Å²) in [6, 6.07) is 12.5. The van der Waals surface area contributed by atoms with E-state index in [-0.39, 0.29) is 0 Å². The number of nitrogens with one attached hydrogen (secondary N) is 1. The molecule has 2 aromatic rings. The van der Waals surface area contributed by atoms with E-state index in [1.54, 1.807) is 48.5 Å². The molecule has 2 nitrogen and oxygen atoms in total. The number of benzene rings is 2. The molecule has 0 unspecified atom stereocenters. The maximum absolute atomic E-state index is 13.4. The Kier molecular flexibility index (Phi) is 4.84. The monoisotopic (exact) mass is 379 g/mol. The molecule has 0 spiro atoms. The van der Waals surface area contributed by atoms with E-state index in [1.165, 1.54) is 12.2 Å². The van der Waals surface area contributed by atoms with Gasteiger partial charge in [0, 0.05) is 0 Å². The highest BCUT2D eigenvalue weighted by Gasteiger charge is 2.54. The fourth-order valence-corrected chi connectivity index (χ4v) is 3.55. The maximum atomic E-state index is 13.4. The van der Waals surface area contributed by atoms with Gasteiger partial charge in [-0.2, -0.15) is 13.2 Å². The van der Waals surface area contributed by atoms with Crippen molar-refractivity contribution in [1.82, 2.24) is 0 Å². The molecular weight excluding hydrogens is 363 g/mol. The predicted molar refractivity (Wildman–Crippen MR) is 96.5 cm³/mol. The number of allylic oxidation sites excluding steroid dienone is 1. The molecule has 0 radical (unpaired) electrons.